The van der Waals surface area contributed by atoms with Crippen molar-refractivity contribution >= 4 is 40.0 Å². The smallest absolute Gasteiger partial charge is 0.262 e. The van der Waals surface area contributed by atoms with Gasteiger partial charge in [0.15, 0.2) is 10.9 Å². The molecule has 160 valence electrons. The molecule has 0 radical (unpaired) electrons. The maximum Gasteiger partial charge on any atom is 0.262 e. The summed E-state index contributed by atoms with van der Waals surface area (Å²) in [6.07, 6.45) is 5.30. The Morgan fingerprint density at radius 3 is 2.65 bits per heavy atom. The third-order valence-corrected chi connectivity index (χ3v) is 6.55. The minimum Gasteiger partial charge on any atom is -0.325 e. The second kappa shape index (κ2) is 9.47. The number of amides is 1. The van der Waals surface area contributed by atoms with Gasteiger partial charge in [-0.25, -0.2) is 4.98 Å². The molecule has 7 heteroatoms. The molecule has 1 aliphatic carbocycles. The Morgan fingerprint density at radius 1 is 1.10 bits per heavy atom. The highest BCUT2D eigenvalue weighted by Gasteiger charge is 2.22. The molecule has 0 unspecified atom stereocenters. The number of fused-ring (bicyclic) bond motifs is 1. The summed E-state index contributed by atoms with van der Waals surface area (Å²) in [5.74, 6) is -0.132. The molecule has 6 nitrogen and oxygen atoms in total. The molecule has 1 amide bonds. The number of hydrogen-bond acceptors (Lipinski definition) is 5. The lowest BCUT2D eigenvalue weighted by molar-refractivity contribution is -0.113. The molecule has 0 spiro atoms. The van der Waals surface area contributed by atoms with Crippen LogP contribution in [0.25, 0.3) is 10.9 Å². The SMILES string of the molecule is CC(=O)c1cccc(NC(=O)CSc2nc3ccccc3c(=O)n2C2CCCCC2)c1. The number of nitrogens with one attached hydrogen (secondary N) is 1. The van der Waals surface area contributed by atoms with Crippen molar-refractivity contribution in [1.82, 2.24) is 9.55 Å². The lowest BCUT2D eigenvalue weighted by atomic mass is 9.95. The monoisotopic (exact) mass is 435 g/mol. The number of Topliss-reactive ketones (excluding diaryl/α,β-unsaturated/α-hetero) is 1. The Hall–Kier alpha value is -2.93. The van der Waals surface area contributed by atoms with E-state index in [1.807, 2.05) is 24.3 Å². The van der Waals surface area contributed by atoms with E-state index in [1.165, 1.54) is 25.1 Å². The summed E-state index contributed by atoms with van der Waals surface area (Å²) in [6, 6.07) is 14.4. The van der Waals surface area contributed by atoms with E-state index in [-0.39, 0.29) is 29.0 Å². The van der Waals surface area contributed by atoms with Crippen molar-refractivity contribution in [2.24, 2.45) is 0 Å². The van der Waals surface area contributed by atoms with E-state index in [0.29, 0.717) is 27.3 Å². The van der Waals surface area contributed by atoms with Gasteiger partial charge in [-0.3, -0.25) is 19.0 Å². The molecule has 1 heterocycles. The molecule has 0 bridgehead atoms. The Kier molecular flexibility index (Phi) is 6.51. The average molecular weight is 436 g/mol. The van der Waals surface area contributed by atoms with Gasteiger partial charge in [0, 0.05) is 17.3 Å². The highest BCUT2D eigenvalue weighted by atomic mass is 32.2. The van der Waals surface area contributed by atoms with Gasteiger partial charge in [-0.15, -0.1) is 0 Å². The van der Waals surface area contributed by atoms with Crippen molar-refractivity contribution < 1.29 is 9.59 Å². The molecule has 0 saturated heterocycles. The van der Waals surface area contributed by atoms with Gasteiger partial charge in [0.1, 0.15) is 0 Å². The van der Waals surface area contributed by atoms with Crippen LogP contribution in [0.1, 0.15) is 55.4 Å². The number of carbonyl (C=O) groups is 2. The van der Waals surface area contributed by atoms with Gasteiger partial charge in [0.2, 0.25) is 5.91 Å². The first-order valence-corrected chi connectivity index (χ1v) is 11.6. The number of aromatic nitrogens is 2. The van der Waals surface area contributed by atoms with Gasteiger partial charge in [-0.1, -0.05) is 55.3 Å². The van der Waals surface area contributed by atoms with E-state index in [1.54, 1.807) is 28.8 Å². The van der Waals surface area contributed by atoms with Crippen LogP contribution in [0.4, 0.5) is 5.69 Å². The first-order valence-electron chi connectivity index (χ1n) is 10.6. The van der Waals surface area contributed by atoms with Gasteiger partial charge in [-0.05, 0) is 44.0 Å². The second-order valence-electron chi connectivity index (χ2n) is 7.85. The standard InChI is InChI=1S/C24H25N3O3S/c1-16(28)17-8-7-9-18(14-17)25-22(29)15-31-24-26-21-13-6-5-12-20(21)23(30)27(24)19-10-3-2-4-11-19/h5-9,12-14,19H,2-4,10-11,15H2,1H3,(H,25,29). The average Bonchev–Trinajstić information content (AvgIpc) is 2.78. The fraction of sp³-hybridized carbons (Fsp3) is 0.333. The van der Waals surface area contributed by atoms with Crippen LogP contribution in [0.5, 0.6) is 0 Å². The molecule has 0 atom stereocenters. The van der Waals surface area contributed by atoms with Crippen LogP contribution in [-0.2, 0) is 4.79 Å². The number of anilines is 1. The van der Waals surface area contributed by atoms with E-state index in [4.69, 9.17) is 4.98 Å². The Labute approximate surface area is 185 Å². The van der Waals surface area contributed by atoms with Crippen LogP contribution in [0.15, 0.2) is 58.5 Å². The number of thioether (sulfide) groups is 1. The molecule has 1 aromatic heterocycles. The number of hydrogen-bond donors (Lipinski definition) is 1. The van der Waals surface area contributed by atoms with Crippen LogP contribution in [0.3, 0.4) is 0 Å². The maximum atomic E-state index is 13.3. The fourth-order valence-electron chi connectivity index (χ4n) is 4.03. The van der Waals surface area contributed by atoms with Gasteiger partial charge in [-0.2, -0.15) is 0 Å². The number of ketones is 1. The number of nitrogens with zero attached hydrogens (tertiary/aromatic N) is 2. The molecule has 0 aliphatic heterocycles. The van der Waals surface area contributed by atoms with Crippen molar-refractivity contribution in [3.63, 3.8) is 0 Å². The lowest BCUT2D eigenvalue weighted by Gasteiger charge is -2.26. The van der Waals surface area contributed by atoms with Gasteiger partial charge in [0.25, 0.3) is 5.56 Å². The van der Waals surface area contributed by atoms with Gasteiger partial charge in [0.05, 0.1) is 16.7 Å². The molecule has 2 aromatic carbocycles. The molecule has 1 fully saturated rings. The summed E-state index contributed by atoms with van der Waals surface area (Å²) in [7, 11) is 0. The predicted octanol–water partition coefficient (Wildman–Crippen LogP) is 4.84. The first kappa shape index (κ1) is 21.3. The van der Waals surface area contributed by atoms with Crippen molar-refractivity contribution in [3.8, 4) is 0 Å². The minimum atomic E-state index is -0.205. The Morgan fingerprint density at radius 2 is 1.87 bits per heavy atom. The van der Waals surface area contributed by atoms with E-state index in [9.17, 15) is 14.4 Å². The fourth-order valence-corrected chi connectivity index (χ4v) is 4.90. The highest BCUT2D eigenvalue weighted by Crippen LogP contribution is 2.31. The van der Waals surface area contributed by atoms with E-state index < -0.39 is 0 Å². The molecule has 3 aromatic rings. The van der Waals surface area contributed by atoms with Crippen LogP contribution in [0, 0.1) is 0 Å². The predicted molar refractivity (Wildman–Crippen MR) is 124 cm³/mol. The number of carbonyl (C=O) groups excluding carboxylic acids is 2. The van der Waals surface area contributed by atoms with Gasteiger partial charge < -0.3 is 5.32 Å². The lowest BCUT2D eigenvalue weighted by Crippen LogP contribution is -2.29. The van der Waals surface area contributed by atoms with Crippen LogP contribution in [-0.4, -0.2) is 27.0 Å². The Balaban J connectivity index is 1.57. The molecule has 4 rings (SSSR count). The third-order valence-electron chi connectivity index (χ3n) is 5.60. The highest BCUT2D eigenvalue weighted by molar-refractivity contribution is 7.99. The first-order chi connectivity index (χ1) is 15.0. The zero-order valence-corrected chi connectivity index (χ0v) is 18.3. The molecule has 1 N–H and O–H groups in total. The van der Waals surface area contributed by atoms with Crippen LogP contribution >= 0.6 is 11.8 Å². The quantitative estimate of drug-likeness (QED) is 0.341. The summed E-state index contributed by atoms with van der Waals surface area (Å²) in [6.45, 7) is 1.49. The summed E-state index contributed by atoms with van der Waals surface area (Å²) in [5, 5.41) is 4.03. The Bertz CT molecular complexity index is 1180. The zero-order valence-electron chi connectivity index (χ0n) is 17.5. The summed E-state index contributed by atoms with van der Waals surface area (Å²) >= 11 is 1.28. The normalized spacial score (nSPS) is 14.5. The van der Waals surface area contributed by atoms with Crippen molar-refractivity contribution in [2.75, 3.05) is 11.1 Å². The van der Waals surface area contributed by atoms with E-state index in [2.05, 4.69) is 5.32 Å². The molecular formula is C24H25N3O3S. The molecule has 1 aliphatic rings. The maximum absolute atomic E-state index is 13.3. The van der Waals surface area contributed by atoms with Crippen molar-refractivity contribution in [1.29, 1.82) is 0 Å². The van der Waals surface area contributed by atoms with Crippen LogP contribution < -0.4 is 10.9 Å². The van der Waals surface area contributed by atoms with E-state index in [0.717, 1.165) is 25.7 Å². The summed E-state index contributed by atoms with van der Waals surface area (Å²) in [4.78, 5) is 42.1. The number of benzene rings is 2. The number of rotatable bonds is 6. The minimum absolute atomic E-state index is 0.0328. The zero-order chi connectivity index (χ0) is 21.8. The summed E-state index contributed by atoms with van der Waals surface area (Å²) in [5.41, 5.74) is 1.74. The molecule has 31 heavy (non-hydrogen) atoms. The van der Waals surface area contributed by atoms with Crippen molar-refractivity contribution in [2.45, 2.75) is 50.2 Å². The summed E-state index contributed by atoms with van der Waals surface area (Å²) < 4.78 is 1.80. The molecular weight excluding hydrogens is 410 g/mol. The van der Waals surface area contributed by atoms with Crippen molar-refractivity contribution in [3.05, 3.63) is 64.4 Å². The van der Waals surface area contributed by atoms with Crippen LogP contribution in [0.2, 0.25) is 0 Å². The topological polar surface area (TPSA) is 81.1 Å². The second-order valence-corrected chi connectivity index (χ2v) is 8.79. The van der Waals surface area contributed by atoms with E-state index >= 15 is 0 Å². The molecule has 1 saturated carbocycles. The number of para-hydroxylation sites is 1. The third kappa shape index (κ3) is 4.88. The van der Waals surface area contributed by atoms with Gasteiger partial charge >= 0.3 is 0 Å². The largest absolute Gasteiger partial charge is 0.325 e.